The zero-order chi connectivity index (χ0) is 16.4. The molecule has 0 aliphatic heterocycles. The molecule has 2 fully saturated rings. The summed E-state index contributed by atoms with van der Waals surface area (Å²) in [6.07, 6.45) is 4.66. The Kier molecular flexibility index (Phi) is 5.11. The van der Waals surface area contributed by atoms with Crippen LogP contribution in [0.4, 0.5) is 8.78 Å². The number of ether oxygens (including phenoxy) is 1. The number of carbonyl (C=O) groups is 1. The molecule has 0 radical (unpaired) electrons. The molecule has 0 unspecified atom stereocenters. The molecule has 0 amide bonds. The van der Waals surface area contributed by atoms with Crippen LogP contribution < -0.4 is 0 Å². The Labute approximate surface area is 129 Å². The number of alkyl halides is 2. The van der Waals surface area contributed by atoms with Crippen LogP contribution in [0.1, 0.15) is 64.2 Å². The summed E-state index contributed by atoms with van der Waals surface area (Å²) in [5.41, 5.74) is -2.44. The predicted octanol–water partition coefficient (Wildman–Crippen LogP) is 3.29. The number of hydrogen-bond acceptors (Lipinski definition) is 4. The minimum atomic E-state index is -5.65. The maximum atomic E-state index is 14.3. The highest BCUT2D eigenvalue weighted by atomic mass is 32.2. The molecule has 0 saturated heterocycles. The van der Waals surface area contributed by atoms with Crippen molar-refractivity contribution in [3.8, 4) is 0 Å². The van der Waals surface area contributed by atoms with Gasteiger partial charge in [-0.3, -0.25) is 9.35 Å². The van der Waals surface area contributed by atoms with Crippen LogP contribution in [0.2, 0.25) is 0 Å². The van der Waals surface area contributed by atoms with Gasteiger partial charge in [0.05, 0.1) is 5.92 Å². The SMILES string of the molecule is O=C(OC1(C(F)(F)S(=O)(=O)O)CCCCC1)C1CCCCC1. The van der Waals surface area contributed by atoms with Gasteiger partial charge in [-0.25, -0.2) is 0 Å². The Morgan fingerprint density at radius 3 is 2.05 bits per heavy atom. The summed E-state index contributed by atoms with van der Waals surface area (Å²) in [6.45, 7) is 0. The highest BCUT2D eigenvalue weighted by molar-refractivity contribution is 7.87. The number of hydrogen-bond donors (Lipinski definition) is 1. The molecule has 0 aromatic rings. The normalized spacial score (nSPS) is 24.0. The first-order valence-corrected chi connectivity index (χ1v) is 9.21. The molecule has 8 heteroatoms. The summed E-state index contributed by atoms with van der Waals surface area (Å²) in [4.78, 5) is 12.2. The number of rotatable bonds is 4. The van der Waals surface area contributed by atoms with Crippen molar-refractivity contribution in [1.29, 1.82) is 0 Å². The number of esters is 1. The summed E-state index contributed by atoms with van der Waals surface area (Å²) in [5.74, 6) is -1.21. The van der Waals surface area contributed by atoms with Crippen LogP contribution in [0, 0.1) is 5.92 Å². The summed E-state index contributed by atoms with van der Waals surface area (Å²) < 4.78 is 64.8. The van der Waals surface area contributed by atoms with Gasteiger partial charge in [-0.05, 0) is 38.5 Å². The first kappa shape index (κ1) is 17.6. The van der Waals surface area contributed by atoms with Crippen LogP contribution in [0.3, 0.4) is 0 Å². The molecule has 5 nitrogen and oxygen atoms in total. The molecule has 0 heterocycles. The fourth-order valence-corrected chi connectivity index (χ4v) is 4.14. The van der Waals surface area contributed by atoms with Gasteiger partial charge >= 0.3 is 21.3 Å². The van der Waals surface area contributed by atoms with E-state index in [1.54, 1.807) is 0 Å². The Morgan fingerprint density at radius 1 is 1.05 bits per heavy atom. The zero-order valence-corrected chi connectivity index (χ0v) is 13.2. The second-order valence-corrected chi connectivity index (χ2v) is 7.77. The summed E-state index contributed by atoms with van der Waals surface area (Å²) in [5, 5.41) is -4.48. The zero-order valence-electron chi connectivity index (χ0n) is 12.4. The van der Waals surface area contributed by atoms with Crippen LogP contribution in [0.5, 0.6) is 0 Å². The van der Waals surface area contributed by atoms with E-state index in [4.69, 9.17) is 9.29 Å². The Morgan fingerprint density at radius 2 is 1.55 bits per heavy atom. The minimum Gasteiger partial charge on any atom is -0.451 e. The number of carbonyl (C=O) groups excluding carboxylic acids is 1. The largest absolute Gasteiger partial charge is 0.451 e. The van der Waals surface area contributed by atoms with Crippen molar-refractivity contribution in [2.75, 3.05) is 0 Å². The first-order chi connectivity index (χ1) is 10.2. The van der Waals surface area contributed by atoms with Crippen molar-refractivity contribution in [2.45, 2.75) is 75.1 Å². The monoisotopic (exact) mass is 340 g/mol. The molecular formula is C14H22F2O5S. The van der Waals surface area contributed by atoms with Crippen LogP contribution in [0.25, 0.3) is 0 Å². The molecule has 0 aromatic heterocycles. The summed E-state index contributed by atoms with van der Waals surface area (Å²) in [6, 6.07) is 0. The highest BCUT2D eigenvalue weighted by Gasteiger charge is 2.65. The molecule has 0 spiro atoms. The molecule has 128 valence electrons. The third-order valence-corrected chi connectivity index (χ3v) is 5.77. The molecule has 2 rings (SSSR count). The van der Waals surface area contributed by atoms with Crippen molar-refractivity contribution in [1.82, 2.24) is 0 Å². The second kappa shape index (κ2) is 6.39. The van der Waals surface area contributed by atoms with E-state index in [2.05, 4.69) is 0 Å². The van der Waals surface area contributed by atoms with Gasteiger partial charge in [-0.15, -0.1) is 0 Å². The smallest absolute Gasteiger partial charge is 0.408 e. The molecule has 0 atom stereocenters. The standard InChI is InChI=1S/C14H22F2O5S/c15-14(16,22(18,19)20)13(9-5-2-6-10-13)21-12(17)11-7-3-1-4-8-11/h11H,1-10H2,(H,18,19,20). The van der Waals surface area contributed by atoms with E-state index in [1.165, 1.54) is 0 Å². The summed E-state index contributed by atoms with van der Waals surface area (Å²) in [7, 11) is -5.65. The van der Waals surface area contributed by atoms with Crippen molar-refractivity contribution < 1.29 is 31.3 Å². The van der Waals surface area contributed by atoms with Crippen molar-refractivity contribution in [2.24, 2.45) is 5.92 Å². The topological polar surface area (TPSA) is 80.7 Å². The maximum Gasteiger partial charge on any atom is 0.408 e. The van der Waals surface area contributed by atoms with Crippen LogP contribution in [0.15, 0.2) is 0 Å². The molecule has 2 aliphatic carbocycles. The van der Waals surface area contributed by atoms with Crippen molar-refractivity contribution in [3.05, 3.63) is 0 Å². The summed E-state index contributed by atoms with van der Waals surface area (Å²) >= 11 is 0. The molecule has 0 aromatic carbocycles. The predicted molar refractivity (Wildman–Crippen MR) is 75.0 cm³/mol. The fourth-order valence-electron chi connectivity index (χ4n) is 3.42. The fraction of sp³-hybridized carbons (Fsp3) is 0.929. The molecule has 22 heavy (non-hydrogen) atoms. The van der Waals surface area contributed by atoms with E-state index >= 15 is 0 Å². The first-order valence-electron chi connectivity index (χ1n) is 7.77. The lowest BCUT2D eigenvalue weighted by molar-refractivity contribution is -0.202. The average Bonchev–Trinajstić information content (AvgIpc) is 2.48. The van der Waals surface area contributed by atoms with E-state index in [9.17, 15) is 22.0 Å². The van der Waals surface area contributed by atoms with E-state index < -0.39 is 32.9 Å². The van der Waals surface area contributed by atoms with Gasteiger partial charge in [0.1, 0.15) is 0 Å². The third kappa shape index (κ3) is 3.27. The van der Waals surface area contributed by atoms with E-state index in [-0.39, 0.29) is 12.8 Å². The van der Waals surface area contributed by atoms with E-state index in [0.717, 1.165) is 19.3 Å². The van der Waals surface area contributed by atoms with E-state index in [0.29, 0.717) is 32.1 Å². The maximum absolute atomic E-state index is 14.3. The van der Waals surface area contributed by atoms with Gasteiger partial charge in [0.2, 0.25) is 0 Å². The third-order valence-electron chi connectivity index (χ3n) is 4.75. The Hall–Kier alpha value is -0.760. The van der Waals surface area contributed by atoms with Gasteiger partial charge in [-0.2, -0.15) is 17.2 Å². The van der Waals surface area contributed by atoms with Crippen molar-refractivity contribution >= 4 is 16.1 Å². The van der Waals surface area contributed by atoms with Gasteiger partial charge < -0.3 is 4.74 Å². The van der Waals surface area contributed by atoms with Gasteiger partial charge in [-0.1, -0.05) is 25.7 Å². The van der Waals surface area contributed by atoms with Crippen LogP contribution in [-0.4, -0.2) is 29.8 Å². The molecule has 2 aliphatic rings. The lowest BCUT2D eigenvalue weighted by atomic mass is 9.83. The molecule has 1 N–H and O–H groups in total. The van der Waals surface area contributed by atoms with Gasteiger partial charge in [0, 0.05) is 0 Å². The Balaban J connectivity index is 2.24. The van der Waals surface area contributed by atoms with Gasteiger partial charge in [0.25, 0.3) is 0 Å². The quantitative estimate of drug-likeness (QED) is 0.627. The average molecular weight is 340 g/mol. The molecule has 2 saturated carbocycles. The van der Waals surface area contributed by atoms with Crippen LogP contribution >= 0.6 is 0 Å². The molecular weight excluding hydrogens is 318 g/mol. The molecule has 0 bridgehead atoms. The number of halogens is 2. The van der Waals surface area contributed by atoms with Gasteiger partial charge in [0.15, 0.2) is 5.60 Å². The van der Waals surface area contributed by atoms with Crippen molar-refractivity contribution in [3.63, 3.8) is 0 Å². The minimum absolute atomic E-state index is 0.252. The van der Waals surface area contributed by atoms with E-state index in [1.807, 2.05) is 0 Å². The lowest BCUT2D eigenvalue weighted by Gasteiger charge is -2.41. The second-order valence-electron chi connectivity index (χ2n) is 6.30. The lowest BCUT2D eigenvalue weighted by Crippen LogP contribution is -2.57. The Bertz CT molecular complexity index is 505. The van der Waals surface area contributed by atoms with Crippen LogP contribution in [-0.2, 0) is 19.6 Å². The highest BCUT2D eigenvalue weighted by Crippen LogP contribution is 2.47.